The van der Waals surface area contributed by atoms with E-state index in [1.54, 1.807) is 24.0 Å². The summed E-state index contributed by atoms with van der Waals surface area (Å²) in [6.07, 6.45) is 0.510. The first-order valence-electron chi connectivity index (χ1n) is 8.86. The van der Waals surface area contributed by atoms with Gasteiger partial charge in [-0.3, -0.25) is 14.4 Å². The van der Waals surface area contributed by atoms with Crippen LogP contribution in [0.1, 0.15) is 56.0 Å². The van der Waals surface area contributed by atoms with E-state index in [1.807, 2.05) is 32.9 Å². The first-order chi connectivity index (χ1) is 11.8. The van der Waals surface area contributed by atoms with Crippen molar-refractivity contribution in [2.24, 2.45) is 5.92 Å². The molecule has 0 aliphatic carbocycles. The van der Waals surface area contributed by atoms with Crippen molar-refractivity contribution >= 4 is 17.7 Å². The standard InChI is InChI=1S/C20H29NO4/c1-5-25-20(24)12-13-21(14-15(2)3)19(23)11-10-18(22)17-8-6-16(4)7-9-17/h6-9,15H,5,10-14H2,1-4H3. The van der Waals surface area contributed by atoms with Crippen LogP contribution in [0.3, 0.4) is 0 Å². The number of amides is 1. The zero-order valence-corrected chi connectivity index (χ0v) is 15.7. The summed E-state index contributed by atoms with van der Waals surface area (Å²) in [7, 11) is 0. The first kappa shape index (κ1) is 20.9. The molecule has 0 aliphatic rings. The number of aryl methyl sites for hydroxylation is 1. The van der Waals surface area contributed by atoms with Crippen LogP contribution in [0.25, 0.3) is 0 Å². The molecule has 0 fully saturated rings. The van der Waals surface area contributed by atoms with E-state index in [2.05, 4.69) is 0 Å². The van der Waals surface area contributed by atoms with E-state index < -0.39 is 0 Å². The number of ketones is 1. The second-order valence-electron chi connectivity index (χ2n) is 6.58. The highest BCUT2D eigenvalue weighted by Crippen LogP contribution is 2.10. The molecule has 0 radical (unpaired) electrons. The van der Waals surface area contributed by atoms with Crippen molar-refractivity contribution in [3.63, 3.8) is 0 Å². The number of ether oxygens (including phenoxy) is 1. The summed E-state index contributed by atoms with van der Waals surface area (Å²) in [6, 6.07) is 7.35. The van der Waals surface area contributed by atoms with E-state index in [0.29, 0.717) is 31.2 Å². The highest BCUT2D eigenvalue weighted by molar-refractivity contribution is 5.98. The molecule has 138 valence electrons. The van der Waals surface area contributed by atoms with Crippen LogP contribution < -0.4 is 0 Å². The van der Waals surface area contributed by atoms with Crippen molar-refractivity contribution in [2.45, 2.75) is 47.0 Å². The Labute approximate surface area is 150 Å². The molecule has 0 atom stereocenters. The number of rotatable bonds is 10. The predicted molar refractivity (Wildman–Crippen MR) is 97.4 cm³/mol. The molecular weight excluding hydrogens is 318 g/mol. The molecule has 0 heterocycles. The molecule has 0 bridgehead atoms. The zero-order chi connectivity index (χ0) is 18.8. The van der Waals surface area contributed by atoms with Gasteiger partial charge < -0.3 is 9.64 Å². The third kappa shape index (κ3) is 7.96. The SMILES string of the molecule is CCOC(=O)CCN(CC(C)C)C(=O)CCC(=O)c1ccc(C)cc1. The van der Waals surface area contributed by atoms with Gasteiger partial charge >= 0.3 is 5.97 Å². The second-order valence-corrected chi connectivity index (χ2v) is 6.58. The van der Waals surface area contributed by atoms with Gasteiger partial charge in [-0.2, -0.15) is 0 Å². The van der Waals surface area contributed by atoms with Crippen LogP contribution >= 0.6 is 0 Å². The summed E-state index contributed by atoms with van der Waals surface area (Å²) in [4.78, 5) is 37.8. The molecule has 1 amide bonds. The van der Waals surface area contributed by atoms with Crippen molar-refractivity contribution in [3.05, 3.63) is 35.4 Å². The highest BCUT2D eigenvalue weighted by atomic mass is 16.5. The zero-order valence-electron chi connectivity index (χ0n) is 15.7. The smallest absolute Gasteiger partial charge is 0.307 e. The maximum Gasteiger partial charge on any atom is 0.307 e. The Bertz CT molecular complexity index is 578. The van der Waals surface area contributed by atoms with Gasteiger partial charge in [0.05, 0.1) is 13.0 Å². The van der Waals surface area contributed by atoms with Crippen molar-refractivity contribution in [2.75, 3.05) is 19.7 Å². The average molecular weight is 347 g/mol. The third-order valence-electron chi connectivity index (χ3n) is 3.77. The minimum absolute atomic E-state index is 0.0387. The summed E-state index contributed by atoms with van der Waals surface area (Å²) >= 11 is 0. The fourth-order valence-electron chi connectivity index (χ4n) is 2.48. The lowest BCUT2D eigenvalue weighted by atomic mass is 10.0. The molecule has 0 spiro atoms. The number of nitrogens with zero attached hydrogens (tertiary/aromatic N) is 1. The summed E-state index contributed by atoms with van der Waals surface area (Å²) in [6.45, 7) is 8.98. The van der Waals surface area contributed by atoms with Gasteiger partial charge in [0, 0.05) is 31.5 Å². The average Bonchev–Trinajstić information content (AvgIpc) is 2.56. The summed E-state index contributed by atoms with van der Waals surface area (Å²) in [5.74, 6) is -0.152. The molecular formula is C20H29NO4. The van der Waals surface area contributed by atoms with Crippen molar-refractivity contribution in [1.82, 2.24) is 4.90 Å². The van der Waals surface area contributed by atoms with E-state index in [-0.39, 0.29) is 36.9 Å². The first-order valence-corrected chi connectivity index (χ1v) is 8.86. The van der Waals surface area contributed by atoms with Gasteiger partial charge in [0.1, 0.15) is 0 Å². The summed E-state index contributed by atoms with van der Waals surface area (Å²) in [5, 5.41) is 0. The van der Waals surface area contributed by atoms with E-state index in [9.17, 15) is 14.4 Å². The molecule has 0 aromatic heterocycles. The maximum absolute atomic E-state index is 12.5. The number of carbonyl (C=O) groups excluding carboxylic acids is 3. The van der Waals surface area contributed by atoms with Gasteiger partial charge in [-0.1, -0.05) is 43.7 Å². The molecule has 0 saturated carbocycles. The number of esters is 1. The lowest BCUT2D eigenvalue weighted by Gasteiger charge is -2.24. The molecule has 1 aromatic carbocycles. The minimum atomic E-state index is -0.306. The van der Waals surface area contributed by atoms with Crippen LogP contribution in [0.2, 0.25) is 0 Å². The second kappa shape index (κ2) is 10.6. The topological polar surface area (TPSA) is 63.7 Å². The van der Waals surface area contributed by atoms with Crippen LogP contribution in [0.5, 0.6) is 0 Å². The Morgan fingerprint density at radius 2 is 1.68 bits per heavy atom. The Morgan fingerprint density at radius 1 is 1.04 bits per heavy atom. The normalized spacial score (nSPS) is 10.6. The lowest BCUT2D eigenvalue weighted by Crippen LogP contribution is -2.36. The number of benzene rings is 1. The molecule has 1 rings (SSSR count). The fraction of sp³-hybridized carbons (Fsp3) is 0.550. The van der Waals surface area contributed by atoms with Gasteiger partial charge in [0.25, 0.3) is 0 Å². The molecule has 0 saturated heterocycles. The van der Waals surface area contributed by atoms with Crippen molar-refractivity contribution < 1.29 is 19.1 Å². The lowest BCUT2D eigenvalue weighted by molar-refractivity contribution is -0.144. The van der Waals surface area contributed by atoms with Gasteiger partial charge in [0.15, 0.2) is 5.78 Å². The van der Waals surface area contributed by atoms with Crippen LogP contribution in [-0.4, -0.2) is 42.3 Å². The van der Waals surface area contributed by atoms with Crippen LogP contribution in [0.15, 0.2) is 24.3 Å². The Hall–Kier alpha value is -2.17. The Balaban J connectivity index is 2.57. The maximum atomic E-state index is 12.5. The van der Waals surface area contributed by atoms with Crippen molar-refractivity contribution in [1.29, 1.82) is 0 Å². The van der Waals surface area contributed by atoms with Crippen LogP contribution in [-0.2, 0) is 14.3 Å². The van der Waals surface area contributed by atoms with Gasteiger partial charge in [0.2, 0.25) is 5.91 Å². The molecule has 5 heteroatoms. The molecule has 25 heavy (non-hydrogen) atoms. The number of hydrogen-bond donors (Lipinski definition) is 0. The predicted octanol–water partition coefficient (Wildman–Crippen LogP) is 3.40. The molecule has 0 N–H and O–H groups in total. The van der Waals surface area contributed by atoms with Gasteiger partial charge in [-0.25, -0.2) is 0 Å². The minimum Gasteiger partial charge on any atom is -0.466 e. The number of Topliss-reactive ketones (excluding diaryl/α,β-unsaturated/α-hetero) is 1. The molecule has 1 aromatic rings. The van der Waals surface area contributed by atoms with Crippen molar-refractivity contribution in [3.8, 4) is 0 Å². The van der Waals surface area contributed by atoms with Gasteiger partial charge in [-0.15, -0.1) is 0 Å². The largest absolute Gasteiger partial charge is 0.466 e. The Kier molecular flexibility index (Phi) is 8.89. The summed E-state index contributed by atoms with van der Waals surface area (Å²) < 4.78 is 4.91. The third-order valence-corrected chi connectivity index (χ3v) is 3.77. The molecule has 0 aliphatic heterocycles. The van der Waals surface area contributed by atoms with Gasteiger partial charge in [-0.05, 0) is 19.8 Å². The van der Waals surface area contributed by atoms with Crippen LogP contribution in [0, 0.1) is 12.8 Å². The Morgan fingerprint density at radius 3 is 2.24 bits per heavy atom. The fourth-order valence-corrected chi connectivity index (χ4v) is 2.48. The van der Waals surface area contributed by atoms with E-state index in [4.69, 9.17) is 4.74 Å². The van der Waals surface area contributed by atoms with E-state index in [0.717, 1.165) is 5.56 Å². The monoisotopic (exact) mass is 347 g/mol. The summed E-state index contributed by atoms with van der Waals surface area (Å²) in [5.41, 5.74) is 1.72. The number of hydrogen-bond acceptors (Lipinski definition) is 4. The molecule has 5 nitrogen and oxygen atoms in total. The van der Waals surface area contributed by atoms with E-state index in [1.165, 1.54) is 0 Å². The van der Waals surface area contributed by atoms with Crippen LogP contribution in [0.4, 0.5) is 0 Å². The highest BCUT2D eigenvalue weighted by Gasteiger charge is 2.18. The molecule has 0 unspecified atom stereocenters. The van der Waals surface area contributed by atoms with E-state index >= 15 is 0 Å². The number of carbonyl (C=O) groups is 3. The quantitative estimate of drug-likeness (QED) is 0.481.